The normalized spacial score (nSPS) is 13.0. The van der Waals surface area contributed by atoms with Crippen LogP contribution in [0.1, 0.15) is 13.8 Å². The van der Waals surface area contributed by atoms with Crippen LogP contribution in [0.5, 0.6) is 0 Å². The van der Waals surface area contributed by atoms with E-state index < -0.39 is 10.0 Å². The summed E-state index contributed by atoms with van der Waals surface area (Å²) in [7, 11) is 0.511. The van der Waals surface area contributed by atoms with Gasteiger partial charge in [0.2, 0.25) is 10.0 Å². The Hall–Kier alpha value is -0.170. The fraction of sp³-hybridized carbons (Fsp3) is 1.00. The molecule has 0 spiro atoms. The minimum atomic E-state index is -3.31. The third-order valence-electron chi connectivity index (χ3n) is 2.11. The zero-order chi connectivity index (χ0) is 12.8. The molecule has 0 radical (unpaired) electrons. The van der Waals surface area contributed by atoms with Crippen LogP contribution in [0, 0.1) is 5.92 Å². The summed E-state index contributed by atoms with van der Waals surface area (Å²) < 4.78 is 25.1. The van der Waals surface area contributed by atoms with E-state index in [1.807, 2.05) is 32.8 Å². The third-order valence-corrected chi connectivity index (χ3v) is 3.92. The number of sulfonamides is 1. The van der Waals surface area contributed by atoms with Crippen LogP contribution >= 0.6 is 0 Å². The Morgan fingerprint density at radius 3 is 2.12 bits per heavy atom. The topological polar surface area (TPSA) is 60.9 Å². The first kappa shape index (κ1) is 15.8. The molecule has 0 rings (SSSR count). The van der Waals surface area contributed by atoms with Crippen LogP contribution in [-0.4, -0.2) is 68.8 Å². The van der Waals surface area contributed by atoms with Gasteiger partial charge in [0, 0.05) is 19.6 Å². The maximum atomic E-state index is 11.8. The zero-order valence-electron chi connectivity index (χ0n) is 10.7. The second-order valence-corrected chi connectivity index (χ2v) is 6.68. The molecule has 0 heterocycles. The molecule has 0 bridgehead atoms. The Morgan fingerprint density at radius 1 is 1.19 bits per heavy atom. The number of aliphatic hydroxyl groups excluding tert-OH is 1. The average Bonchev–Trinajstić information content (AvgIpc) is 2.11. The number of hydrogen-bond acceptors (Lipinski definition) is 4. The highest BCUT2D eigenvalue weighted by molar-refractivity contribution is 7.89. The number of likely N-dealkylation sites (N-methyl/N-ethyl adjacent to an activating group) is 1. The van der Waals surface area contributed by atoms with E-state index >= 15 is 0 Å². The van der Waals surface area contributed by atoms with Crippen LogP contribution in [0.2, 0.25) is 0 Å². The van der Waals surface area contributed by atoms with Crippen molar-refractivity contribution < 1.29 is 13.5 Å². The van der Waals surface area contributed by atoms with Gasteiger partial charge in [0.1, 0.15) is 0 Å². The molecule has 98 valence electrons. The fourth-order valence-electron chi connectivity index (χ4n) is 1.31. The highest BCUT2D eigenvalue weighted by atomic mass is 32.2. The summed E-state index contributed by atoms with van der Waals surface area (Å²) in [4.78, 5) is 1.95. The van der Waals surface area contributed by atoms with Crippen molar-refractivity contribution in [2.75, 3.05) is 46.1 Å². The van der Waals surface area contributed by atoms with Crippen molar-refractivity contribution in [2.45, 2.75) is 13.8 Å². The van der Waals surface area contributed by atoms with Crippen LogP contribution in [0.15, 0.2) is 0 Å². The third kappa shape index (κ3) is 6.42. The summed E-state index contributed by atoms with van der Waals surface area (Å²) in [6, 6.07) is 0. The first-order valence-corrected chi connectivity index (χ1v) is 7.14. The van der Waals surface area contributed by atoms with Gasteiger partial charge < -0.3 is 10.0 Å². The summed E-state index contributed by atoms with van der Waals surface area (Å²) in [5.41, 5.74) is 0. The van der Waals surface area contributed by atoms with Gasteiger partial charge in [-0.2, -0.15) is 0 Å². The largest absolute Gasteiger partial charge is 0.395 e. The van der Waals surface area contributed by atoms with Crippen molar-refractivity contribution in [1.82, 2.24) is 9.21 Å². The number of aliphatic hydroxyl groups is 1. The van der Waals surface area contributed by atoms with E-state index in [1.54, 1.807) is 0 Å². The molecule has 5 nitrogen and oxygen atoms in total. The van der Waals surface area contributed by atoms with Gasteiger partial charge >= 0.3 is 0 Å². The van der Waals surface area contributed by atoms with Crippen LogP contribution in [0.25, 0.3) is 0 Å². The van der Waals surface area contributed by atoms with E-state index in [2.05, 4.69) is 0 Å². The van der Waals surface area contributed by atoms with Gasteiger partial charge in [0.25, 0.3) is 0 Å². The molecule has 0 aromatic carbocycles. The molecule has 0 atom stereocenters. The van der Waals surface area contributed by atoms with Crippen molar-refractivity contribution in [1.29, 1.82) is 0 Å². The monoisotopic (exact) mass is 252 g/mol. The number of nitrogens with zero attached hydrogens (tertiary/aromatic N) is 2. The van der Waals surface area contributed by atoms with Crippen molar-refractivity contribution in [3.63, 3.8) is 0 Å². The number of hydrogen-bond donors (Lipinski definition) is 1. The van der Waals surface area contributed by atoms with E-state index in [4.69, 9.17) is 5.11 Å². The minimum Gasteiger partial charge on any atom is -0.395 e. The summed E-state index contributed by atoms with van der Waals surface area (Å²) in [5, 5.41) is 8.75. The smallest absolute Gasteiger partial charge is 0.216 e. The molecular weight excluding hydrogens is 228 g/mol. The Labute approximate surface area is 99.1 Å². The zero-order valence-corrected chi connectivity index (χ0v) is 11.5. The average molecular weight is 252 g/mol. The first-order valence-electron chi connectivity index (χ1n) is 5.53. The second kappa shape index (κ2) is 7.21. The molecule has 0 aliphatic heterocycles. The van der Waals surface area contributed by atoms with Crippen molar-refractivity contribution in [3.8, 4) is 0 Å². The molecule has 0 aliphatic rings. The van der Waals surface area contributed by atoms with Crippen molar-refractivity contribution in [2.24, 2.45) is 5.92 Å². The Morgan fingerprint density at radius 2 is 1.75 bits per heavy atom. The first-order chi connectivity index (χ1) is 7.29. The molecule has 0 aromatic heterocycles. The van der Waals surface area contributed by atoms with Crippen molar-refractivity contribution >= 4 is 10.0 Å². The lowest BCUT2D eigenvalue weighted by Gasteiger charge is -2.25. The lowest BCUT2D eigenvalue weighted by Crippen LogP contribution is -2.40. The summed E-state index contributed by atoms with van der Waals surface area (Å²) in [5.74, 6) is 0.100. The molecule has 0 saturated carbocycles. The van der Waals surface area contributed by atoms with Crippen LogP contribution in [0.4, 0.5) is 0 Å². The summed E-state index contributed by atoms with van der Waals surface area (Å²) in [6.07, 6.45) is 0. The van der Waals surface area contributed by atoms with Gasteiger partial charge in [0.15, 0.2) is 0 Å². The molecule has 0 amide bonds. The molecule has 0 unspecified atom stereocenters. The predicted molar refractivity (Wildman–Crippen MR) is 65.8 cm³/mol. The lowest BCUT2D eigenvalue weighted by atomic mass is 10.2. The van der Waals surface area contributed by atoms with Gasteiger partial charge in [0.05, 0.1) is 12.4 Å². The van der Waals surface area contributed by atoms with E-state index in [9.17, 15) is 8.42 Å². The molecule has 0 aromatic rings. The van der Waals surface area contributed by atoms with E-state index in [1.165, 1.54) is 4.31 Å². The fourth-order valence-corrected chi connectivity index (χ4v) is 2.68. The van der Waals surface area contributed by atoms with Gasteiger partial charge in [-0.25, -0.2) is 12.7 Å². The van der Waals surface area contributed by atoms with Gasteiger partial charge in [-0.15, -0.1) is 0 Å². The van der Waals surface area contributed by atoms with E-state index in [0.29, 0.717) is 19.6 Å². The second-order valence-electron chi connectivity index (χ2n) is 4.59. The number of rotatable bonds is 8. The maximum Gasteiger partial charge on any atom is 0.216 e. The summed E-state index contributed by atoms with van der Waals surface area (Å²) in [6.45, 7) is 5.33. The highest BCUT2D eigenvalue weighted by Crippen LogP contribution is 2.06. The highest BCUT2D eigenvalue weighted by Gasteiger charge is 2.21. The van der Waals surface area contributed by atoms with Crippen LogP contribution in [-0.2, 0) is 10.0 Å². The molecule has 1 N–H and O–H groups in total. The quantitative estimate of drug-likeness (QED) is 0.651. The van der Waals surface area contributed by atoms with Crippen LogP contribution in [0.3, 0.4) is 0 Å². The maximum absolute atomic E-state index is 11.8. The van der Waals surface area contributed by atoms with Gasteiger partial charge in [-0.05, 0) is 20.0 Å². The van der Waals surface area contributed by atoms with E-state index in [-0.39, 0.29) is 18.3 Å². The lowest BCUT2D eigenvalue weighted by molar-refractivity contribution is 0.297. The Kier molecular flexibility index (Phi) is 7.14. The predicted octanol–water partition coefficient (Wildman–Crippen LogP) is -0.172. The SMILES string of the molecule is CC(C)CN(CCN(C)C)S(=O)(=O)CCO. The molecule has 0 saturated heterocycles. The van der Waals surface area contributed by atoms with Crippen molar-refractivity contribution in [3.05, 3.63) is 0 Å². The molecule has 16 heavy (non-hydrogen) atoms. The molecule has 0 aliphatic carbocycles. The molecule has 6 heteroatoms. The summed E-state index contributed by atoms with van der Waals surface area (Å²) >= 11 is 0. The van der Waals surface area contributed by atoms with Gasteiger partial charge in [-0.3, -0.25) is 0 Å². The Bertz CT molecular complexity index is 276. The Balaban J connectivity index is 4.53. The van der Waals surface area contributed by atoms with Gasteiger partial charge in [-0.1, -0.05) is 13.8 Å². The molecular formula is C10H24N2O3S. The van der Waals surface area contributed by atoms with Crippen LogP contribution < -0.4 is 0 Å². The minimum absolute atomic E-state index is 0.187. The molecule has 0 fully saturated rings. The standard InChI is InChI=1S/C10H24N2O3S/c1-10(2)9-12(6-5-11(3)4)16(14,15)8-7-13/h10,13H,5-9H2,1-4H3. The van der Waals surface area contributed by atoms with E-state index in [0.717, 1.165) is 0 Å².